The van der Waals surface area contributed by atoms with E-state index in [1.54, 1.807) is 30.5 Å². The summed E-state index contributed by atoms with van der Waals surface area (Å²) in [6.45, 7) is 0.764. The maximum absolute atomic E-state index is 9.59. The third kappa shape index (κ3) is 4.49. The highest BCUT2D eigenvalue weighted by molar-refractivity contribution is 6.30. The number of aliphatic hydroxyl groups is 1. The maximum atomic E-state index is 9.59. The van der Waals surface area contributed by atoms with Crippen LogP contribution in [0.1, 0.15) is 25.7 Å². The first-order valence-corrected chi connectivity index (χ1v) is 8.46. The van der Waals surface area contributed by atoms with Crippen LogP contribution in [0.5, 0.6) is 11.5 Å². The molecular formula is C17H21ClN4O2. The number of hydrogen-bond donors (Lipinski definition) is 3. The van der Waals surface area contributed by atoms with Crippen molar-refractivity contribution >= 4 is 23.4 Å². The first-order chi connectivity index (χ1) is 11.6. The highest BCUT2D eigenvalue weighted by Crippen LogP contribution is 2.30. The van der Waals surface area contributed by atoms with Crippen LogP contribution >= 0.6 is 11.6 Å². The van der Waals surface area contributed by atoms with Crippen molar-refractivity contribution in [1.29, 1.82) is 0 Å². The smallest absolute Gasteiger partial charge is 0.222 e. The van der Waals surface area contributed by atoms with Gasteiger partial charge in [-0.2, -0.15) is 4.98 Å². The lowest BCUT2D eigenvalue weighted by Gasteiger charge is -2.25. The lowest BCUT2D eigenvalue weighted by atomic mass is 9.87. The highest BCUT2D eigenvalue weighted by atomic mass is 35.5. The molecule has 1 saturated carbocycles. The molecule has 1 aliphatic carbocycles. The first kappa shape index (κ1) is 16.8. The molecule has 1 heterocycles. The summed E-state index contributed by atoms with van der Waals surface area (Å²) in [5.41, 5.74) is 5.70. The van der Waals surface area contributed by atoms with E-state index in [2.05, 4.69) is 15.3 Å². The van der Waals surface area contributed by atoms with E-state index >= 15 is 0 Å². The molecule has 7 heteroatoms. The van der Waals surface area contributed by atoms with Crippen LogP contribution in [-0.2, 0) is 0 Å². The summed E-state index contributed by atoms with van der Waals surface area (Å²) in [6, 6.07) is 7.08. The SMILES string of the molecule is Nc1ncc(Oc2ccc(Cl)cc2)c(NC[C@H]2CC[C@@H](O)CC2)n1. The summed E-state index contributed by atoms with van der Waals surface area (Å²) in [5.74, 6) is 2.44. The zero-order chi connectivity index (χ0) is 16.9. The topological polar surface area (TPSA) is 93.3 Å². The van der Waals surface area contributed by atoms with Crippen LogP contribution < -0.4 is 15.8 Å². The number of benzene rings is 1. The number of ether oxygens (including phenoxy) is 1. The predicted molar refractivity (Wildman–Crippen MR) is 94.4 cm³/mol. The molecule has 1 fully saturated rings. The molecule has 24 heavy (non-hydrogen) atoms. The van der Waals surface area contributed by atoms with Gasteiger partial charge >= 0.3 is 0 Å². The van der Waals surface area contributed by atoms with Gasteiger partial charge in [-0.05, 0) is 55.9 Å². The zero-order valence-electron chi connectivity index (χ0n) is 13.3. The number of rotatable bonds is 5. The van der Waals surface area contributed by atoms with E-state index in [4.69, 9.17) is 22.1 Å². The van der Waals surface area contributed by atoms with Gasteiger partial charge in [-0.25, -0.2) is 4.98 Å². The number of nitrogens with two attached hydrogens (primary N) is 1. The molecule has 4 N–H and O–H groups in total. The van der Waals surface area contributed by atoms with Gasteiger partial charge in [-0.15, -0.1) is 0 Å². The minimum absolute atomic E-state index is 0.153. The van der Waals surface area contributed by atoms with Crippen molar-refractivity contribution in [3.05, 3.63) is 35.5 Å². The van der Waals surface area contributed by atoms with Crippen LogP contribution in [0.4, 0.5) is 11.8 Å². The fraction of sp³-hybridized carbons (Fsp3) is 0.412. The number of nitrogens with zero attached hydrogens (tertiary/aromatic N) is 2. The van der Waals surface area contributed by atoms with Crippen molar-refractivity contribution in [2.45, 2.75) is 31.8 Å². The van der Waals surface area contributed by atoms with E-state index in [-0.39, 0.29) is 12.1 Å². The number of anilines is 2. The van der Waals surface area contributed by atoms with Crippen molar-refractivity contribution in [3.8, 4) is 11.5 Å². The van der Waals surface area contributed by atoms with Gasteiger partial charge in [0.05, 0.1) is 12.3 Å². The Balaban J connectivity index is 1.67. The van der Waals surface area contributed by atoms with Crippen molar-refractivity contribution in [2.75, 3.05) is 17.6 Å². The number of halogens is 1. The second kappa shape index (κ2) is 7.68. The van der Waals surface area contributed by atoms with Gasteiger partial charge in [0.15, 0.2) is 11.6 Å². The van der Waals surface area contributed by atoms with E-state index in [0.717, 1.165) is 32.2 Å². The Morgan fingerprint density at radius 1 is 1.21 bits per heavy atom. The van der Waals surface area contributed by atoms with Gasteiger partial charge in [-0.1, -0.05) is 11.6 Å². The molecule has 1 aromatic carbocycles. The predicted octanol–water partition coefficient (Wildman–Crippen LogP) is 3.47. The molecular weight excluding hydrogens is 328 g/mol. The summed E-state index contributed by atoms with van der Waals surface area (Å²) in [6.07, 6.45) is 5.12. The van der Waals surface area contributed by atoms with Crippen molar-refractivity contribution in [2.24, 2.45) is 5.92 Å². The standard InChI is InChI=1S/C17H21ClN4O2/c18-12-3-7-14(8-4-12)24-15-10-21-17(19)22-16(15)20-9-11-1-5-13(23)6-2-11/h3-4,7-8,10-11,13,23H,1-2,5-6,9H2,(H3,19,20,21,22)/t11-,13+. The number of nitrogens with one attached hydrogen (secondary N) is 1. The Labute approximate surface area is 146 Å². The van der Waals surface area contributed by atoms with E-state index in [1.165, 1.54) is 0 Å². The Morgan fingerprint density at radius 3 is 2.62 bits per heavy atom. The molecule has 3 rings (SSSR count). The highest BCUT2D eigenvalue weighted by Gasteiger charge is 2.20. The van der Waals surface area contributed by atoms with Crippen LogP contribution in [0.25, 0.3) is 0 Å². The quantitative estimate of drug-likeness (QED) is 0.766. The largest absolute Gasteiger partial charge is 0.452 e. The van der Waals surface area contributed by atoms with Crippen LogP contribution in [0, 0.1) is 5.92 Å². The molecule has 128 valence electrons. The van der Waals surface area contributed by atoms with Crippen LogP contribution in [0.15, 0.2) is 30.5 Å². The summed E-state index contributed by atoms with van der Waals surface area (Å²) in [7, 11) is 0. The Kier molecular flexibility index (Phi) is 5.37. The summed E-state index contributed by atoms with van der Waals surface area (Å²) >= 11 is 5.89. The average molecular weight is 349 g/mol. The molecule has 0 bridgehead atoms. The van der Waals surface area contributed by atoms with Crippen LogP contribution in [0.2, 0.25) is 5.02 Å². The monoisotopic (exact) mass is 348 g/mol. The number of nitrogen functional groups attached to an aromatic ring is 1. The molecule has 6 nitrogen and oxygen atoms in total. The second-order valence-corrected chi connectivity index (χ2v) is 6.49. The number of aliphatic hydroxyl groups excluding tert-OH is 1. The van der Waals surface area contributed by atoms with Crippen LogP contribution in [-0.4, -0.2) is 27.7 Å². The Bertz CT molecular complexity index is 673. The van der Waals surface area contributed by atoms with Gasteiger partial charge in [-0.3, -0.25) is 0 Å². The molecule has 0 amide bonds. The Morgan fingerprint density at radius 2 is 1.92 bits per heavy atom. The van der Waals surface area contributed by atoms with Gasteiger partial charge in [0, 0.05) is 11.6 Å². The third-order valence-corrected chi connectivity index (χ3v) is 4.44. The summed E-state index contributed by atoms with van der Waals surface area (Å²) < 4.78 is 5.83. The summed E-state index contributed by atoms with van der Waals surface area (Å²) in [5, 5.41) is 13.5. The lowest BCUT2D eigenvalue weighted by molar-refractivity contribution is 0.111. The summed E-state index contributed by atoms with van der Waals surface area (Å²) in [4.78, 5) is 8.24. The first-order valence-electron chi connectivity index (χ1n) is 8.08. The van der Waals surface area contributed by atoms with E-state index in [9.17, 15) is 5.11 Å². The molecule has 0 aliphatic heterocycles. The van der Waals surface area contributed by atoms with Crippen LogP contribution in [0.3, 0.4) is 0 Å². The fourth-order valence-electron chi connectivity index (χ4n) is 2.81. The fourth-order valence-corrected chi connectivity index (χ4v) is 2.93. The average Bonchev–Trinajstić information content (AvgIpc) is 2.58. The molecule has 0 spiro atoms. The van der Waals surface area contributed by atoms with Gasteiger partial charge in [0.1, 0.15) is 5.75 Å². The normalized spacial score (nSPS) is 20.6. The minimum atomic E-state index is -0.153. The second-order valence-electron chi connectivity index (χ2n) is 6.05. The molecule has 1 aromatic heterocycles. The van der Waals surface area contributed by atoms with Gasteiger partial charge in [0.2, 0.25) is 5.95 Å². The van der Waals surface area contributed by atoms with Gasteiger partial charge < -0.3 is 20.9 Å². The van der Waals surface area contributed by atoms with Crippen molar-refractivity contribution < 1.29 is 9.84 Å². The molecule has 0 saturated heterocycles. The molecule has 2 aromatic rings. The van der Waals surface area contributed by atoms with E-state index < -0.39 is 0 Å². The molecule has 0 radical (unpaired) electrons. The zero-order valence-corrected chi connectivity index (χ0v) is 14.0. The van der Waals surface area contributed by atoms with Gasteiger partial charge in [0.25, 0.3) is 0 Å². The third-order valence-electron chi connectivity index (χ3n) is 4.19. The van der Waals surface area contributed by atoms with E-state index in [1.807, 2.05) is 0 Å². The maximum Gasteiger partial charge on any atom is 0.222 e. The van der Waals surface area contributed by atoms with E-state index in [0.29, 0.717) is 28.3 Å². The Hall–Kier alpha value is -2.05. The molecule has 1 aliphatic rings. The van der Waals surface area contributed by atoms with Crippen molar-refractivity contribution in [3.63, 3.8) is 0 Å². The molecule has 0 atom stereocenters. The number of hydrogen-bond acceptors (Lipinski definition) is 6. The number of aromatic nitrogens is 2. The molecule has 0 unspecified atom stereocenters. The van der Waals surface area contributed by atoms with Crippen molar-refractivity contribution in [1.82, 2.24) is 9.97 Å². The lowest BCUT2D eigenvalue weighted by Crippen LogP contribution is -2.24. The minimum Gasteiger partial charge on any atom is -0.452 e.